The van der Waals surface area contributed by atoms with Crippen LogP contribution < -0.4 is 9.62 Å². The van der Waals surface area contributed by atoms with Gasteiger partial charge in [0.2, 0.25) is 5.95 Å². The van der Waals surface area contributed by atoms with Crippen LogP contribution in [0.5, 0.6) is 0 Å². The summed E-state index contributed by atoms with van der Waals surface area (Å²) in [6.07, 6.45) is 10.5. The number of hydrogen-bond acceptors (Lipinski definition) is 5. The highest BCUT2D eigenvalue weighted by molar-refractivity contribution is 7.96. The van der Waals surface area contributed by atoms with E-state index in [-0.39, 0.29) is 0 Å². The Labute approximate surface area is 159 Å². The highest BCUT2D eigenvalue weighted by atomic mass is 32.2. The summed E-state index contributed by atoms with van der Waals surface area (Å²) < 4.78 is 3.57. The van der Waals surface area contributed by atoms with Crippen molar-refractivity contribution in [3.63, 3.8) is 0 Å². The number of rotatable bonds is 4. The van der Waals surface area contributed by atoms with E-state index < -0.39 is 0 Å². The normalized spacial score (nSPS) is 21.3. The molecule has 1 aromatic carbocycles. The lowest BCUT2D eigenvalue weighted by Gasteiger charge is -2.31. The monoisotopic (exact) mass is 366 g/mol. The third-order valence-corrected chi connectivity index (χ3v) is 6.57. The molecule has 5 heteroatoms. The van der Waals surface area contributed by atoms with Crippen molar-refractivity contribution >= 4 is 17.9 Å². The van der Waals surface area contributed by atoms with Gasteiger partial charge in [0.05, 0.1) is 5.69 Å². The maximum absolute atomic E-state index is 5.04. The Hall–Kier alpha value is -1.59. The quantitative estimate of drug-likeness (QED) is 0.826. The van der Waals surface area contributed by atoms with Gasteiger partial charge in [0.1, 0.15) is 0 Å². The van der Waals surface area contributed by atoms with Gasteiger partial charge >= 0.3 is 0 Å². The van der Waals surface area contributed by atoms with E-state index in [9.17, 15) is 0 Å². The first-order chi connectivity index (χ1) is 12.8. The molecular weight excluding hydrogens is 340 g/mol. The Morgan fingerprint density at radius 3 is 2.81 bits per heavy atom. The molecule has 1 saturated heterocycles. The third kappa shape index (κ3) is 2.81. The van der Waals surface area contributed by atoms with Crippen LogP contribution in [0.2, 0.25) is 0 Å². The second-order valence-corrected chi connectivity index (χ2v) is 8.32. The molecular formula is C21H26N4S. The van der Waals surface area contributed by atoms with Crippen LogP contribution in [0.1, 0.15) is 54.1 Å². The minimum Gasteiger partial charge on any atom is -0.341 e. The number of aromatic nitrogens is 2. The smallest absolute Gasteiger partial charge is 0.226 e. The summed E-state index contributed by atoms with van der Waals surface area (Å²) in [6.45, 7) is 2.20. The van der Waals surface area contributed by atoms with Crippen molar-refractivity contribution in [2.24, 2.45) is 0 Å². The molecule has 4 nitrogen and oxygen atoms in total. The van der Waals surface area contributed by atoms with Gasteiger partial charge in [0.25, 0.3) is 0 Å². The van der Waals surface area contributed by atoms with Gasteiger partial charge in [0.15, 0.2) is 0 Å². The van der Waals surface area contributed by atoms with Crippen molar-refractivity contribution < 1.29 is 0 Å². The number of fused-ring (bicyclic) bond motifs is 2. The number of aryl methyl sites for hydroxylation is 2. The van der Waals surface area contributed by atoms with Crippen LogP contribution in [0.4, 0.5) is 5.95 Å². The fraction of sp³-hybridized carbons (Fsp3) is 0.524. The molecule has 3 aliphatic rings. The van der Waals surface area contributed by atoms with Crippen LogP contribution in [0.3, 0.4) is 0 Å². The van der Waals surface area contributed by atoms with Gasteiger partial charge in [-0.15, -0.1) is 0 Å². The predicted molar refractivity (Wildman–Crippen MR) is 109 cm³/mol. The highest BCUT2D eigenvalue weighted by Gasteiger charge is 2.26. The molecule has 2 aliphatic carbocycles. The SMILES string of the molecule is CSNC1CCCc2cc(-c3nc(N4CCC4)nc4c3CCC4)ccc21. The third-order valence-electron chi connectivity index (χ3n) is 6.05. The molecule has 1 aromatic heterocycles. The van der Waals surface area contributed by atoms with Crippen LogP contribution in [-0.2, 0) is 19.3 Å². The predicted octanol–water partition coefficient (Wildman–Crippen LogP) is 4.09. The zero-order valence-corrected chi connectivity index (χ0v) is 16.2. The number of hydrogen-bond donors (Lipinski definition) is 1. The Morgan fingerprint density at radius 1 is 1.08 bits per heavy atom. The molecule has 0 bridgehead atoms. The molecule has 1 N–H and O–H groups in total. The first-order valence-corrected chi connectivity index (χ1v) is 11.1. The molecule has 0 saturated carbocycles. The Kier molecular flexibility index (Phi) is 4.37. The van der Waals surface area contributed by atoms with Crippen molar-refractivity contribution in [3.8, 4) is 11.3 Å². The van der Waals surface area contributed by atoms with E-state index in [4.69, 9.17) is 9.97 Å². The summed E-state index contributed by atoms with van der Waals surface area (Å²) >= 11 is 1.73. The molecule has 1 aliphatic heterocycles. The van der Waals surface area contributed by atoms with Gasteiger partial charge in [0, 0.05) is 36.0 Å². The first-order valence-electron chi connectivity index (χ1n) is 9.90. The molecule has 5 rings (SSSR count). The maximum atomic E-state index is 5.04. The van der Waals surface area contributed by atoms with Crippen molar-refractivity contribution in [1.29, 1.82) is 0 Å². The lowest BCUT2D eigenvalue weighted by molar-refractivity contribution is 0.544. The van der Waals surface area contributed by atoms with E-state index in [0.717, 1.165) is 31.9 Å². The Balaban J connectivity index is 1.57. The topological polar surface area (TPSA) is 41.1 Å². The summed E-state index contributed by atoms with van der Waals surface area (Å²) in [5.74, 6) is 0.951. The molecule has 0 radical (unpaired) electrons. The fourth-order valence-electron chi connectivity index (χ4n) is 4.54. The number of nitrogens with one attached hydrogen (secondary N) is 1. The van der Waals surface area contributed by atoms with Gasteiger partial charge < -0.3 is 4.90 Å². The standard InChI is InChI=1S/C21H26N4S/c1-26-24-19-8-2-5-14-13-15(9-10-16(14)19)20-17-6-3-7-18(17)22-21(23-20)25-11-4-12-25/h9-10,13,19,24H,2-8,11-12H2,1H3. The van der Waals surface area contributed by atoms with Crippen LogP contribution in [-0.4, -0.2) is 29.3 Å². The van der Waals surface area contributed by atoms with Gasteiger partial charge in [-0.1, -0.05) is 24.1 Å². The fourth-order valence-corrected chi connectivity index (χ4v) is 5.07. The lowest BCUT2D eigenvalue weighted by atomic mass is 9.86. The molecule has 2 heterocycles. The summed E-state index contributed by atoms with van der Waals surface area (Å²) in [5, 5.41) is 0. The Bertz CT molecular complexity index is 831. The van der Waals surface area contributed by atoms with Crippen molar-refractivity contribution in [2.45, 2.75) is 51.0 Å². The number of benzene rings is 1. The highest BCUT2D eigenvalue weighted by Crippen LogP contribution is 2.37. The molecule has 1 unspecified atom stereocenters. The molecule has 1 atom stereocenters. The van der Waals surface area contributed by atoms with Crippen LogP contribution >= 0.6 is 11.9 Å². The van der Waals surface area contributed by atoms with Crippen LogP contribution in [0.15, 0.2) is 18.2 Å². The Morgan fingerprint density at radius 2 is 2.00 bits per heavy atom. The molecule has 0 spiro atoms. The zero-order valence-electron chi connectivity index (χ0n) is 15.4. The lowest BCUT2D eigenvalue weighted by Crippen LogP contribution is -2.38. The molecule has 1 fully saturated rings. The van der Waals surface area contributed by atoms with Crippen molar-refractivity contribution in [3.05, 3.63) is 40.6 Å². The van der Waals surface area contributed by atoms with E-state index in [1.807, 2.05) is 0 Å². The minimum atomic E-state index is 0.482. The van der Waals surface area contributed by atoms with Crippen molar-refractivity contribution in [2.75, 3.05) is 24.2 Å². The molecule has 0 amide bonds. The average Bonchev–Trinajstić information content (AvgIpc) is 3.08. The summed E-state index contributed by atoms with van der Waals surface area (Å²) in [5.41, 5.74) is 8.13. The van der Waals surface area contributed by atoms with Crippen molar-refractivity contribution in [1.82, 2.24) is 14.7 Å². The summed E-state index contributed by atoms with van der Waals surface area (Å²) in [4.78, 5) is 12.2. The summed E-state index contributed by atoms with van der Waals surface area (Å²) in [6, 6.07) is 7.52. The van der Waals surface area contributed by atoms with E-state index in [2.05, 4.69) is 34.1 Å². The second kappa shape index (κ2) is 6.86. The second-order valence-electron chi connectivity index (χ2n) is 7.67. The summed E-state index contributed by atoms with van der Waals surface area (Å²) in [7, 11) is 0. The van der Waals surface area contributed by atoms with E-state index >= 15 is 0 Å². The maximum Gasteiger partial charge on any atom is 0.226 e. The molecule has 136 valence electrons. The number of nitrogens with zero attached hydrogens (tertiary/aromatic N) is 3. The average molecular weight is 367 g/mol. The van der Waals surface area contributed by atoms with E-state index in [1.54, 1.807) is 11.9 Å². The van der Waals surface area contributed by atoms with Gasteiger partial charge in [-0.2, -0.15) is 0 Å². The number of anilines is 1. The van der Waals surface area contributed by atoms with Crippen LogP contribution in [0, 0.1) is 0 Å². The minimum absolute atomic E-state index is 0.482. The van der Waals surface area contributed by atoms with E-state index in [1.165, 1.54) is 65.7 Å². The van der Waals surface area contributed by atoms with E-state index in [0.29, 0.717) is 6.04 Å². The van der Waals surface area contributed by atoms with Gasteiger partial charge in [-0.05, 0) is 68.4 Å². The first kappa shape index (κ1) is 16.6. The zero-order chi connectivity index (χ0) is 17.5. The molecule has 2 aromatic rings. The van der Waals surface area contributed by atoms with Gasteiger partial charge in [-0.3, -0.25) is 4.72 Å². The largest absolute Gasteiger partial charge is 0.341 e. The van der Waals surface area contributed by atoms with Gasteiger partial charge in [-0.25, -0.2) is 9.97 Å². The molecule has 26 heavy (non-hydrogen) atoms. The van der Waals surface area contributed by atoms with Crippen LogP contribution in [0.25, 0.3) is 11.3 Å².